The molecule has 16 heavy (non-hydrogen) atoms. The molecule has 0 spiro atoms. The van der Waals surface area contributed by atoms with Gasteiger partial charge in [-0.2, -0.15) is 0 Å². The molecule has 0 aromatic heterocycles. The largest absolute Gasteiger partial charge is 0.491 e. The summed E-state index contributed by atoms with van der Waals surface area (Å²) in [5.41, 5.74) is 6.68. The standard InChI is InChI=1S/C11H17FN2O2/c1-3-16-11-7-10(14(2)4-5-15)9(13)6-8(11)12/h6-7,15H,3-5,13H2,1-2H3. The monoisotopic (exact) mass is 228 g/mol. The van der Waals surface area contributed by atoms with Crippen LogP contribution in [-0.2, 0) is 0 Å². The first-order chi connectivity index (χ1) is 7.60. The van der Waals surface area contributed by atoms with Gasteiger partial charge in [0.1, 0.15) is 0 Å². The Bertz CT molecular complexity index is 358. The van der Waals surface area contributed by atoms with Crippen molar-refractivity contribution >= 4 is 11.4 Å². The van der Waals surface area contributed by atoms with Crippen LogP contribution < -0.4 is 15.4 Å². The molecular formula is C11H17FN2O2. The van der Waals surface area contributed by atoms with Crippen molar-refractivity contribution in [3.63, 3.8) is 0 Å². The van der Waals surface area contributed by atoms with Crippen molar-refractivity contribution in [2.24, 2.45) is 0 Å². The predicted molar refractivity (Wildman–Crippen MR) is 62.3 cm³/mol. The molecular weight excluding hydrogens is 211 g/mol. The molecule has 5 heteroatoms. The molecule has 0 unspecified atom stereocenters. The predicted octanol–water partition coefficient (Wildman–Crippen LogP) is 1.24. The average molecular weight is 228 g/mol. The van der Waals surface area contributed by atoms with Crippen molar-refractivity contribution in [1.29, 1.82) is 0 Å². The molecule has 1 rings (SSSR count). The smallest absolute Gasteiger partial charge is 0.167 e. The highest BCUT2D eigenvalue weighted by molar-refractivity contribution is 5.69. The van der Waals surface area contributed by atoms with E-state index in [1.807, 2.05) is 0 Å². The second-order valence-electron chi connectivity index (χ2n) is 3.42. The molecule has 4 nitrogen and oxygen atoms in total. The van der Waals surface area contributed by atoms with Gasteiger partial charge in [0.2, 0.25) is 0 Å². The first-order valence-electron chi connectivity index (χ1n) is 5.14. The Morgan fingerprint density at radius 1 is 1.50 bits per heavy atom. The fourth-order valence-electron chi connectivity index (χ4n) is 1.43. The van der Waals surface area contributed by atoms with Crippen molar-refractivity contribution in [3.8, 4) is 5.75 Å². The Labute approximate surface area is 94.4 Å². The van der Waals surface area contributed by atoms with Gasteiger partial charge in [-0.3, -0.25) is 0 Å². The zero-order chi connectivity index (χ0) is 12.1. The van der Waals surface area contributed by atoms with Crippen LogP contribution in [-0.4, -0.2) is 31.9 Å². The molecule has 3 N–H and O–H groups in total. The van der Waals surface area contributed by atoms with E-state index in [4.69, 9.17) is 15.6 Å². The number of benzene rings is 1. The van der Waals surface area contributed by atoms with Gasteiger partial charge in [-0.05, 0) is 6.92 Å². The van der Waals surface area contributed by atoms with Crippen molar-refractivity contribution in [1.82, 2.24) is 0 Å². The van der Waals surface area contributed by atoms with Gasteiger partial charge in [-0.25, -0.2) is 4.39 Å². The second-order valence-corrected chi connectivity index (χ2v) is 3.42. The molecule has 0 atom stereocenters. The minimum absolute atomic E-state index is 0.0112. The second kappa shape index (κ2) is 5.55. The Kier molecular flexibility index (Phi) is 4.37. The van der Waals surface area contributed by atoms with Gasteiger partial charge < -0.3 is 20.5 Å². The van der Waals surface area contributed by atoms with Crippen LogP contribution >= 0.6 is 0 Å². The number of halogens is 1. The number of likely N-dealkylation sites (N-methyl/N-ethyl adjacent to an activating group) is 1. The quantitative estimate of drug-likeness (QED) is 0.744. The molecule has 0 fully saturated rings. The molecule has 0 aliphatic heterocycles. The molecule has 0 bridgehead atoms. The summed E-state index contributed by atoms with van der Waals surface area (Å²) >= 11 is 0. The van der Waals surface area contributed by atoms with Gasteiger partial charge in [-0.1, -0.05) is 0 Å². The van der Waals surface area contributed by atoms with Gasteiger partial charge in [0.05, 0.1) is 24.6 Å². The molecule has 0 saturated heterocycles. The van der Waals surface area contributed by atoms with Crippen molar-refractivity contribution in [2.75, 3.05) is 37.4 Å². The summed E-state index contributed by atoms with van der Waals surface area (Å²) in [5, 5.41) is 8.83. The summed E-state index contributed by atoms with van der Waals surface area (Å²) in [5.74, 6) is -0.294. The summed E-state index contributed by atoms with van der Waals surface area (Å²) in [6.45, 7) is 2.62. The summed E-state index contributed by atoms with van der Waals surface area (Å²) < 4.78 is 18.5. The van der Waals surface area contributed by atoms with E-state index in [1.165, 1.54) is 6.07 Å². The lowest BCUT2D eigenvalue weighted by Crippen LogP contribution is -2.22. The van der Waals surface area contributed by atoms with E-state index in [-0.39, 0.29) is 12.4 Å². The molecule has 0 aliphatic carbocycles. The maximum atomic E-state index is 13.4. The van der Waals surface area contributed by atoms with Gasteiger partial charge in [0, 0.05) is 25.7 Å². The highest BCUT2D eigenvalue weighted by Gasteiger charge is 2.11. The number of anilines is 2. The van der Waals surface area contributed by atoms with E-state index in [0.717, 1.165) is 0 Å². The van der Waals surface area contributed by atoms with Crippen LogP contribution in [0.3, 0.4) is 0 Å². The molecule has 1 aromatic rings. The molecule has 0 radical (unpaired) electrons. The van der Waals surface area contributed by atoms with Gasteiger partial charge in [0.25, 0.3) is 0 Å². The number of hydrogen-bond acceptors (Lipinski definition) is 4. The van der Waals surface area contributed by atoms with E-state index in [9.17, 15) is 4.39 Å². The first kappa shape index (κ1) is 12.6. The number of nitrogens with two attached hydrogens (primary N) is 1. The summed E-state index contributed by atoms with van der Waals surface area (Å²) in [6, 6.07) is 2.78. The fourth-order valence-corrected chi connectivity index (χ4v) is 1.43. The van der Waals surface area contributed by atoms with Crippen LogP contribution in [0.5, 0.6) is 5.75 Å². The summed E-state index contributed by atoms with van der Waals surface area (Å²) in [4.78, 5) is 1.75. The van der Waals surface area contributed by atoms with E-state index < -0.39 is 5.82 Å². The molecule has 0 aliphatic rings. The fraction of sp³-hybridized carbons (Fsp3) is 0.455. The number of ether oxygens (including phenoxy) is 1. The Hall–Kier alpha value is -1.49. The maximum absolute atomic E-state index is 13.4. The van der Waals surface area contributed by atoms with Crippen LogP contribution in [0.15, 0.2) is 12.1 Å². The van der Waals surface area contributed by atoms with Crippen molar-refractivity contribution < 1.29 is 14.2 Å². The topological polar surface area (TPSA) is 58.7 Å². The minimum atomic E-state index is -0.472. The summed E-state index contributed by atoms with van der Waals surface area (Å²) in [7, 11) is 1.77. The Balaban J connectivity index is 3.03. The number of nitrogens with zero attached hydrogens (tertiary/aromatic N) is 1. The van der Waals surface area contributed by atoms with Crippen LogP contribution in [0, 0.1) is 5.82 Å². The maximum Gasteiger partial charge on any atom is 0.167 e. The lowest BCUT2D eigenvalue weighted by atomic mass is 10.2. The number of aliphatic hydroxyl groups excluding tert-OH is 1. The van der Waals surface area contributed by atoms with Crippen molar-refractivity contribution in [3.05, 3.63) is 17.9 Å². The number of aliphatic hydroxyl groups is 1. The van der Waals surface area contributed by atoms with E-state index in [0.29, 0.717) is 24.5 Å². The molecule has 0 saturated carbocycles. The Morgan fingerprint density at radius 2 is 2.19 bits per heavy atom. The Morgan fingerprint density at radius 3 is 2.75 bits per heavy atom. The first-order valence-corrected chi connectivity index (χ1v) is 5.14. The molecule has 0 amide bonds. The van der Waals surface area contributed by atoms with Crippen LogP contribution in [0.2, 0.25) is 0 Å². The van der Waals surface area contributed by atoms with Crippen LogP contribution in [0.25, 0.3) is 0 Å². The highest BCUT2D eigenvalue weighted by Crippen LogP contribution is 2.30. The SMILES string of the molecule is CCOc1cc(N(C)CCO)c(N)cc1F. The van der Waals surface area contributed by atoms with E-state index in [1.54, 1.807) is 24.9 Å². The van der Waals surface area contributed by atoms with Gasteiger partial charge in [0.15, 0.2) is 11.6 Å². The number of hydrogen-bond donors (Lipinski definition) is 2. The number of rotatable bonds is 5. The zero-order valence-corrected chi connectivity index (χ0v) is 9.53. The molecule has 1 aromatic carbocycles. The van der Waals surface area contributed by atoms with Crippen molar-refractivity contribution in [2.45, 2.75) is 6.92 Å². The van der Waals surface area contributed by atoms with E-state index in [2.05, 4.69) is 0 Å². The minimum Gasteiger partial charge on any atom is -0.491 e. The van der Waals surface area contributed by atoms with Gasteiger partial charge >= 0.3 is 0 Å². The third-order valence-corrected chi connectivity index (χ3v) is 2.23. The number of nitrogen functional groups attached to an aromatic ring is 1. The summed E-state index contributed by atoms with van der Waals surface area (Å²) in [6.07, 6.45) is 0. The highest BCUT2D eigenvalue weighted by atomic mass is 19.1. The molecule has 0 heterocycles. The van der Waals surface area contributed by atoms with E-state index >= 15 is 0 Å². The zero-order valence-electron chi connectivity index (χ0n) is 9.53. The third-order valence-electron chi connectivity index (χ3n) is 2.23. The van der Waals surface area contributed by atoms with Crippen LogP contribution in [0.4, 0.5) is 15.8 Å². The lowest BCUT2D eigenvalue weighted by Gasteiger charge is -2.21. The average Bonchev–Trinajstić information content (AvgIpc) is 2.22. The molecule has 90 valence electrons. The van der Waals surface area contributed by atoms with Gasteiger partial charge in [-0.15, -0.1) is 0 Å². The lowest BCUT2D eigenvalue weighted by molar-refractivity contribution is 0.303. The third kappa shape index (κ3) is 2.76. The normalized spacial score (nSPS) is 10.2. The van der Waals surface area contributed by atoms with Crippen LogP contribution in [0.1, 0.15) is 6.92 Å².